The summed E-state index contributed by atoms with van der Waals surface area (Å²) in [5.74, 6) is 0.935. The summed E-state index contributed by atoms with van der Waals surface area (Å²) in [5.41, 5.74) is 1.80. The van der Waals surface area contributed by atoms with Crippen molar-refractivity contribution in [2.75, 3.05) is 33.3 Å². The SMILES string of the molecule is COc1ccc(Cl)cc1CN1CCN(C(=O)c2ccc(Br)cc2)CC1. The molecule has 1 fully saturated rings. The van der Waals surface area contributed by atoms with Crippen molar-refractivity contribution in [1.29, 1.82) is 0 Å². The molecule has 1 aliphatic heterocycles. The molecule has 2 aromatic carbocycles. The van der Waals surface area contributed by atoms with Crippen LogP contribution in [-0.2, 0) is 6.54 Å². The van der Waals surface area contributed by atoms with E-state index in [0.29, 0.717) is 5.02 Å². The van der Waals surface area contributed by atoms with Crippen molar-refractivity contribution >= 4 is 33.4 Å². The van der Waals surface area contributed by atoms with Gasteiger partial charge in [0.25, 0.3) is 5.91 Å². The lowest BCUT2D eigenvalue weighted by atomic mass is 10.1. The topological polar surface area (TPSA) is 32.8 Å². The molecular weight excluding hydrogens is 404 g/mol. The van der Waals surface area contributed by atoms with Crippen LogP contribution in [0.2, 0.25) is 5.02 Å². The Balaban J connectivity index is 1.59. The molecule has 0 unspecified atom stereocenters. The Bertz CT molecular complexity index is 744. The van der Waals surface area contributed by atoms with E-state index in [-0.39, 0.29) is 5.91 Å². The maximum absolute atomic E-state index is 12.6. The van der Waals surface area contributed by atoms with E-state index in [1.54, 1.807) is 7.11 Å². The number of rotatable bonds is 4. The highest BCUT2D eigenvalue weighted by atomic mass is 79.9. The Labute approximate surface area is 161 Å². The number of nitrogens with zero attached hydrogens (tertiary/aromatic N) is 2. The molecule has 0 aromatic heterocycles. The van der Waals surface area contributed by atoms with E-state index < -0.39 is 0 Å². The van der Waals surface area contributed by atoms with E-state index >= 15 is 0 Å². The highest BCUT2D eigenvalue weighted by molar-refractivity contribution is 9.10. The maximum Gasteiger partial charge on any atom is 0.253 e. The average Bonchev–Trinajstić information content (AvgIpc) is 2.63. The first-order valence-electron chi connectivity index (χ1n) is 8.16. The van der Waals surface area contributed by atoms with Crippen LogP contribution < -0.4 is 4.74 Å². The molecule has 25 heavy (non-hydrogen) atoms. The van der Waals surface area contributed by atoms with Gasteiger partial charge in [-0.2, -0.15) is 0 Å². The second-order valence-electron chi connectivity index (χ2n) is 6.03. The van der Waals surface area contributed by atoms with Crippen molar-refractivity contribution in [3.8, 4) is 5.75 Å². The van der Waals surface area contributed by atoms with Gasteiger partial charge in [0.1, 0.15) is 5.75 Å². The fraction of sp³-hybridized carbons (Fsp3) is 0.316. The molecule has 0 aliphatic carbocycles. The molecule has 0 saturated carbocycles. The van der Waals surface area contributed by atoms with Gasteiger partial charge in [0.05, 0.1) is 7.11 Å². The molecule has 1 heterocycles. The summed E-state index contributed by atoms with van der Waals surface area (Å²) in [4.78, 5) is 16.8. The molecule has 3 rings (SSSR count). The second-order valence-corrected chi connectivity index (χ2v) is 7.38. The molecule has 1 amide bonds. The number of halogens is 2. The first-order valence-corrected chi connectivity index (χ1v) is 9.33. The Morgan fingerprint density at radius 3 is 2.44 bits per heavy atom. The molecule has 1 saturated heterocycles. The largest absolute Gasteiger partial charge is 0.496 e. The number of hydrogen-bond acceptors (Lipinski definition) is 3. The highest BCUT2D eigenvalue weighted by Gasteiger charge is 2.22. The Hall–Kier alpha value is -1.56. The van der Waals surface area contributed by atoms with Crippen LogP contribution in [0.5, 0.6) is 5.75 Å². The molecule has 4 nitrogen and oxygen atoms in total. The first-order chi connectivity index (χ1) is 12.1. The van der Waals surface area contributed by atoms with Gasteiger partial charge in [-0.15, -0.1) is 0 Å². The molecule has 0 N–H and O–H groups in total. The van der Waals surface area contributed by atoms with Crippen molar-refractivity contribution < 1.29 is 9.53 Å². The number of methoxy groups -OCH3 is 1. The lowest BCUT2D eigenvalue weighted by Gasteiger charge is -2.35. The summed E-state index contributed by atoms with van der Waals surface area (Å²) in [6.07, 6.45) is 0. The number of hydrogen-bond donors (Lipinski definition) is 0. The quantitative estimate of drug-likeness (QED) is 0.743. The minimum Gasteiger partial charge on any atom is -0.496 e. The van der Waals surface area contributed by atoms with Gasteiger partial charge in [0.15, 0.2) is 0 Å². The van der Waals surface area contributed by atoms with Crippen molar-refractivity contribution in [3.63, 3.8) is 0 Å². The Kier molecular flexibility index (Phi) is 5.99. The van der Waals surface area contributed by atoms with Crippen molar-refractivity contribution in [2.45, 2.75) is 6.54 Å². The fourth-order valence-corrected chi connectivity index (χ4v) is 3.45. The second kappa shape index (κ2) is 8.21. The summed E-state index contributed by atoms with van der Waals surface area (Å²) >= 11 is 9.50. The summed E-state index contributed by atoms with van der Waals surface area (Å²) < 4.78 is 6.39. The monoisotopic (exact) mass is 422 g/mol. The molecule has 0 bridgehead atoms. The van der Waals surface area contributed by atoms with Gasteiger partial charge in [-0.1, -0.05) is 27.5 Å². The van der Waals surface area contributed by atoms with Crippen molar-refractivity contribution in [3.05, 3.63) is 63.1 Å². The summed E-state index contributed by atoms with van der Waals surface area (Å²) in [6, 6.07) is 13.2. The van der Waals surface area contributed by atoms with Crippen LogP contribution in [0.1, 0.15) is 15.9 Å². The summed E-state index contributed by atoms with van der Waals surface area (Å²) in [7, 11) is 1.67. The molecule has 0 radical (unpaired) electrons. The van der Waals surface area contributed by atoms with Crippen molar-refractivity contribution in [2.24, 2.45) is 0 Å². The van der Waals surface area contributed by atoms with Crippen LogP contribution in [0.15, 0.2) is 46.9 Å². The third kappa shape index (κ3) is 4.54. The summed E-state index contributed by atoms with van der Waals surface area (Å²) in [6.45, 7) is 3.87. The molecule has 1 aliphatic rings. The van der Waals surface area contributed by atoms with Crippen LogP contribution >= 0.6 is 27.5 Å². The zero-order chi connectivity index (χ0) is 17.8. The first kappa shape index (κ1) is 18.2. The van der Waals surface area contributed by atoms with Gasteiger partial charge in [0.2, 0.25) is 0 Å². The average molecular weight is 424 g/mol. The third-order valence-electron chi connectivity index (χ3n) is 4.39. The molecule has 0 atom stereocenters. The van der Waals surface area contributed by atoms with E-state index in [9.17, 15) is 4.79 Å². The van der Waals surface area contributed by atoms with Gasteiger partial charge < -0.3 is 9.64 Å². The Morgan fingerprint density at radius 1 is 1.12 bits per heavy atom. The fourth-order valence-electron chi connectivity index (χ4n) is 3.00. The van der Waals surface area contributed by atoms with Gasteiger partial charge >= 0.3 is 0 Å². The number of carbonyl (C=O) groups is 1. The molecular formula is C19H20BrClN2O2. The predicted molar refractivity (Wildman–Crippen MR) is 103 cm³/mol. The molecule has 0 spiro atoms. The van der Waals surface area contributed by atoms with E-state index in [1.807, 2.05) is 47.4 Å². The van der Waals surface area contributed by atoms with Crippen LogP contribution in [-0.4, -0.2) is 49.0 Å². The van der Waals surface area contributed by atoms with Crippen LogP contribution in [0, 0.1) is 0 Å². The number of carbonyl (C=O) groups excluding carboxylic acids is 1. The number of ether oxygens (including phenoxy) is 1. The highest BCUT2D eigenvalue weighted by Crippen LogP contribution is 2.24. The number of amides is 1. The zero-order valence-corrected chi connectivity index (χ0v) is 16.4. The van der Waals surface area contributed by atoms with Gasteiger partial charge in [-0.25, -0.2) is 0 Å². The standard InChI is InChI=1S/C19H20BrClN2O2/c1-25-18-7-6-17(21)12-15(18)13-22-8-10-23(11-9-22)19(24)14-2-4-16(20)5-3-14/h2-7,12H,8-11,13H2,1H3. The van der Waals surface area contributed by atoms with Gasteiger partial charge in [-0.3, -0.25) is 9.69 Å². The van der Waals surface area contributed by atoms with E-state index in [0.717, 1.165) is 54.1 Å². The smallest absolute Gasteiger partial charge is 0.253 e. The van der Waals surface area contributed by atoms with Gasteiger partial charge in [-0.05, 0) is 42.5 Å². The maximum atomic E-state index is 12.6. The normalized spacial score (nSPS) is 15.2. The number of piperazine rings is 1. The predicted octanol–water partition coefficient (Wildman–Crippen LogP) is 4.07. The van der Waals surface area contributed by atoms with E-state index in [1.165, 1.54) is 0 Å². The zero-order valence-electron chi connectivity index (χ0n) is 14.0. The van der Waals surface area contributed by atoms with E-state index in [4.69, 9.17) is 16.3 Å². The van der Waals surface area contributed by atoms with E-state index in [2.05, 4.69) is 20.8 Å². The minimum atomic E-state index is 0.0903. The summed E-state index contributed by atoms with van der Waals surface area (Å²) in [5, 5.41) is 0.708. The third-order valence-corrected chi connectivity index (χ3v) is 5.15. The molecule has 132 valence electrons. The molecule has 2 aromatic rings. The van der Waals surface area contributed by atoms with Gasteiger partial charge in [0, 0.05) is 53.3 Å². The Morgan fingerprint density at radius 2 is 1.80 bits per heavy atom. The molecule has 6 heteroatoms. The lowest BCUT2D eigenvalue weighted by molar-refractivity contribution is 0.0627. The van der Waals surface area contributed by atoms with Crippen LogP contribution in [0.25, 0.3) is 0 Å². The van der Waals surface area contributed by atoms with Crippen LogP contribution in [0.3, 0.4) is 0 Å². The lowest BCUT2D eigenvalue weighted by Crippen LogP contribution is -2.48. The minimum absolute atomic E-state index is 0.0903. The number of benzene rings is 2. The van der Waals surface area contributed by atoms with Crippen molar-refractivity contribution in [1.82, 2.24) is 9.80 Å². The van der Waals surface area contributed by atoms with Crippen LogP contribution in [0.4, 0.5) is 0 Å².